The molecule has 1 aromatic rings. The van der Waals surface area contributed by atoms with Gasteiger partial charge in [-0.15, -0.1) is 0 Å². The highest BCUT2D eigenvalue weighted by atomic mass is 16.2. The van der Waals surface area contributed by atoms with Gasteiger partial charge in [0, 0.05) is 25.2 Å². The smallest absolute Gasteiger partial charge is 0.223 e. The van der Waals surface area contributed by atoms with Crippen molar-refractivity contribution in [1.82, 2.24) is 14.7 Å². The Labute approximate surface area is 127 Å². The highest BCUT2D eigenvalue weighted by Gasteiger charge is 2.29. The monoisotopic (exact) mass is 289 g/mol. The van der Waals surface area contributed by atoms with Crippen LogP contribution in [0, 0.1) is 0 Å². The molecule has 1 amide bonds. The fourth-order valence-corrected chi connectivity index (χ4v) is 3.98. The van der Waals surface area contributed by atoms with Crippen molar-refractivity contribution >= 4 is 5.91 Å². The third-order valence-electron chi connectivity index (χ3n) is 5.07. The summed E-state index contributed by atoms with van der Waals surface area (Å²) in [5, 5.41) is 4.71. The molecule has 0 atom stereocenters. The van der Waals surface area contributed by atoms with Gasteiger partial charge in [0.15, 0.2) is 0 Å². The zero-order valence-corrected chi connectivity index (χ0v) is 13.4. The number of fused-ring (bicyclic) bond motifs is 1. The molecule has 1 fully saturated rings. The third kappa shape index (κ3) is 2.85. The van der Waals surface area contributed by atoms with E-state index < -0.39 is 0 Å². The number of amides is 1. The van der Waals surface area contributed by atoms with Crippen LogP contribution in [-0.2, 0) is 31.2 Å². The van der Waals surface area contributed by atoms with Gasteiger partial charge in [0.1, 0.15) is 0 Å². The van der Waals surface area contributed by atoms with Crippen molar-refractivity contribution in [2.75, 3.05) is 0 Å². The van der Waals surface area contributed by atoms with E-state index in [4.69, 9.17) is 5.10 Å². The first-order valence-electron chi connectivity index (χ1n) is 8.53. The summed E-state index contributed by atoms with van der Waals surface area (Å²) in [7, 11) is 2.04. The molecule has 0 aromatic carbocycles. The van der Waals surface area contributed by atoms with Gasteiger partial charge in [-0.05, 0) is 44.1 Å². The van der Waals surface area contributed by atoms with Gasteiger partial charge < -0.3 is 4.90 Å². The Bertz CT molecular complexity index is 514. The number of rotatable bonds is 5. The highest BCUT2D eigenvalue weighted by Crippen LogP contribution is 2.29. The molecule has 4 heteroatoms. The van der Waals surface area contributed by atoms with Gasteiger partial charge in [0.2, 0.25) is 5.91 Å². The van der Waals surface area contributed by atoms with E-state index in [1.807, 2.05) is 11.7 Å². The van der Waals surface area contributed by atoms with Crippen molar-refractivity contribution in [2.45, 2.75) is 77.3 Å². The molecule has 2 aliphatic carbocycles. The quantitative estimate of drug-likeness (QED) is 0.836. The Morgan fingerprint density at radius 1 is 1.29 bits per heavy atom. The minimum Gasteiger partial charge on any atom is -0.334 e. The molecule has 1 heterocycles. The van der Waals surface area contributed by atoms with Crippen LogP contribution in [0.15, 0.2) is 0 Å². The minimum absolute atomic E-state index is 0.321. The molecule has 0 N–H and O–H groups in total. The molecular formula is C17H27N3O. The zero-order chi connectivity index (χ0) is 14.8. The summed E-state index contributed by atoms with van der Waals surface area (Å²) in [5.74, 6) is 0.321. The first kappa shape index (κ1) is 14.6. The Kier molecular flexibility index (Phi) is 4.32. The Hall–Kier alpha value is -1.32. The minimum atomic E-state index is 0.321. The van der Waals surface area contributed by atoms with Crippen molar-refractivity contribution in [3.63, 3.8) is 0 Å². The Balaban J connectivity index is 1.80. The van der Waals surface area contributed by atoms with Crippen LogP contribution in [0.3, 0.4) is 0 Å². The lowest BCUT2D eigenvalue weighted by molar-refractivity contribution is -0.134. The number of aryl methyl sites for hydroxylation is 1. The number of nitrogens with zero attached hydrogens (tertiary/aromatic N) is 3. The number of hydrogen-bond donors (Lipinski definition) is 0. The van der Waals surface area contributed by atoms with Gasteiger partial charge in [0.25, 0.3) is 0 Å². The summed E-state index contributed by atoms with van der Waals surface area (Å²) >= 11 is 0. The molecule has 0 unspecified atom stereocenters. The van der Waals surface area contributed by atoms with Gasteiger partial charge in [0.05, 0.1) is 12.2 Å². The summed E-state index contributed by atoms with van der Waals surface area (Å²) in [6.07, 6.45) is 10.00. The second-order valence-corrected chi connectivity index (χ2v) is 6.56. The summed E-state index contributed by atoms with van der Waals surface area (Å²) in [6, 6.07) is 0.447. The van der Waals surface area contributed by atoms with Gasteiger partial charge in [-0.1, -0.05) is 19.8 Å². The third-order valence-corrected chi connectivity index (χ3v) is 5.07. The van der Waals surface area contributed by atoms with Crippen LogP contribution >= 0.6 is 0 Å². The first-order valence-corrected chi connectivity index (χ1v) is 8.53. The Morgan fingerprint density at radius 2 is 2.05 bits per heavy atom. The fourth-order valence-electron chi connectivity index (χ4n) is 3.98. The molecule has 0 radical (unpaired) electrons. The topological polar surface area (TPSA) is 38.1 Å². The molecule has 21 heavy (non-hydrogen) atoms. The molecule has 0 bridgehead atoms. The molecule has 0 aliphatic heterocycles. The number of hydrogen-bond acceptors (Lipinski definition) is 2. The molecule has 3 rings (SSSR count). The molecule has 116 valence electrons. The number of aromatic nitrogens is 2. The van der Waals surface area contributed by atoms with Crippen LogP contribution in [0.5, 0.6) is 0 Å². The molecule has 1 saturated carbocycles. The van der Waals surface area contributed by atoms with Gasteiger partial charge in [-0.25, -0.2) is 0 Å². The van der Waals surface area contributed by atoms with E-state index >= 15 is 0 Å². The first-order chi connectivity index (χ1) is 10.2. The molecule has 0 saturated heterocycles. The normalized spacial score (nSPS) is 18.2. The van der Waals surface area contributed by atoms with E-state index in [1.54, 1.807) is 0 Å². The van der Waals surface area contributed by atoms with Crippen molar-refractivity contribution in [3.05, 3.63) is 17.0 Å². The average molecular weight is 289 g/mol. The average Bonchev–Trinajstić information content (AvgIpc) is 3.16. The van der Waals surface area contributed by atoms with Crippen molar-refractivity contribution in [3.8, 4) is 0 Å². The SMILES string of the molecule is CCCC(=O)N(Cc1nn(C)c2c1CCC2)C1CCCC1. The van der Waals surface area contributed by atoms with E-state index in [9.17, 15) is 4.79 Å². The van der Waals surface area contributed by atoms with Crippen molar-refractivity contribution in [1.29, 1.82) is 0 Å². The highest BCUT2D eigenvalue weighted by molar-refractivity contribution is 5.76. The van der Waals surface area contributed by atoms with E-state index in [1.165, 1.54) is 43.4 Å². The lowest BCUT2D eigenvalue weighted by Gasteiger charge is -2.28. The largest absolute Gasteiger partial charge is 0.334 e. The molecule has 4 nitrogen and oxygen atoms in total. The maximum atomic E-state index is 12.5. The predicted octanol–water partition coefficient (Wildman–Crippen LogP) is 2.98. The molecule has 1 aromatic heterocycles. The van der Waals surface area contributed by atoms with Gasteiger partial charge in [-0.2, -0.15) is 5.10 Å². The molecule has 2 aliphatic rings. The molecular weight excluding hydrogens is 262 g/mol. The zero-order valence-electron chi connectivity index (χ0n) is 13.4. The van der Waals surface area contributed by atoms with E-state index in [0.717, 1.165) is 31.5 Å². The maximum absolute atomic E-state index is 12.5. The van der Waals surface area contributed by atoms with Crippen molar-refractivity contribution < 1.29 is 4.79 Å². The van der Waals surface area contributed by atoms with Crippen LogP contribution in [0.1, 0.15) is 68.8 Å². The predicted molar refractivity (Wildman–Crippen MR) is 82.9 cm³/mol. The summed E-state index contributed by atoms with van der Waals surface area (Å²) < 4.78 is 2.04. The number of carbonyl (C=O) groups excluding carboxylic acids is 1. The van der Waals surface area contributed by atoms with Gasteiger partial charge >= 0.3 is 0 Å². The summed E-state index contributed by atoms with van der Waals surface area (Å²) in [4.78, 5) is 14.7. The van der Waals surface area contributed by atoms with Crippen molar-refractivity contribution in [2.24, 2.45) is 7.05 Å². The second kappa shape index (κ2) is 6.20. The van der Waals surface area contributed by atoms with Crippen LogP contribution in [0.25, 0.3) is 0 Å². The second-order valence-electron chi connectivity index (χ2n) is 6.56. The summed E-state index contributed by atoms with van der Waals surface area (Å²) in [6.45, 7) is 2.82. The number of carbonyl (C=O) groups is 1. The lowest BCUT2D eigenvalue weighted by atomic mass is 10.1. The fraction of sp³-hybridized carbons (Fsp3) is 0.765. The van der Waals surface area contributed by atoms with Gasteiger partial charge in [-0.3, -0.25) is 9.48 Å². The maximum Gasteiger partial charge on any atom is 0.223 e. The van der Waals surface area contributed by atoms with Crippen LogP contribution in [-0.4, -0.2) is 26.6 Å². The van der Waals surface area contributed by atoms with Crippen LogP contribution in [0.4, 0.5) is 0 Å². The standard InChI is InChI=1S/C17H27N3O/c1-3-7-17(21)20(13-8-4-5-9-13)12-15-14-10-6-11-16(14)19(2)18-15/h13H,3-12H2,1-2H3. The lowest BCUT2D eigenvalue weighted by Crippen LogP contribution is -2.38. The van der Waals surface area contributed by atoms with E-state index in [-0.39, 0.29) is 0 Å². The van der Waals surface area contributed by atoms with Crippen LogP contribution < -0.4 is 0 Å². The van der Waals surface area contributed by atoms with Crippen LogP contribution in [0.2, 0.25) is 0 Å². The Morgan fingerprint density at radius 3 is 2.76 bits per heavy atom. The summed E-state index contributed by atoms with van der Waals surface area (Å²) in [5.41, 5.74) is 3.96. The van der Waals surface area contributed by atoms with E-state index in [2.05, 4.69) is 11.8 Å². The molecule has 0 spiro atoms. The van der Waals surface area contributed by atoms with E-state index in [0.29, 0.717) is 18.4 Å².